The van der Waals surface area contributed by atoms with Crippen LogP contribution in [0.5, 0.6) is 0 Å². The third kappa shape index (κ3) is 3.86. The van der Waals surface area contributed by atoms with Gasteiger partial charge in [0.2, 0.25) is 0 Å². The Kier molecular flexibility index (Phi) is 5.85. The van der Waals surface area contributed by atoms with E-state index in [2.05, 4.69) is 21.8 Å². The monoisotopic (exact) mass is 527 g/mol. The number of nitrogens with one attached hydrogen (secondary N) is 1. The molecule has 1 aliphatic carbocycles. The van der Waals surface area contributed by atoms with Crippen LogP contribution in [0.1, 0.15) is 37.1 Å². The van der Waals surface area contributed by atoms with Gasteiger partial charge in [0.05, 0.1) is 10.8 Å². The third-order valence-corrected chi connectivity index (χ3v) is 8.66. The van der Waals surface area contributed by atoms with Crippen molar-refractivity contribution in [2.75, 3.05) is 46.3 Å². The summed E-state index contributed by atoms with van der Waals surface area (Å²) in [5.74, 6) is -0.524. The fourth-order valence-corrected chi connectivity index (χ4v) is 6.43. The van der Waals surface area contributed by atoms with Crippen molar-refractivity contribution in [1.29, 1.82) is 0 Å². The molecule has 2 atom stereocenters. The first kappa shape index (κ1) is 24.5. The lowest BCUT2D eigenvalue weighted by Gasteiger charge is -2.43. The number of aliphatic hydroxyl groups excluding tert-OH is 1. The average molecular weight is 528 g/mol. The highest BCUT2D eigenvalue weighted by Crippen LogP contribution is 2.50. The second kappa shape index (κ2) is 8.85. The molecule has 2 fully saturated rings. The topological polar surface area (TPSA) is 83.1 Å². The standard InChI is InChI=1S/C27H31ClFN5O3/c1-27-15-19-18-13-20(28)21(29)14-22(18)30-23(19)24(16-4-3-5-17(35)12-16)34(27)26(37)33(25(27)36)11-10-32-8-6-31(2)7-9-32/h4,12-14,24,30,35H,3,5-11,15H2,1-2H3/t24-,27+/m1/s1. The molecule has 0 bridgehead atoms. The number of H-pyrrole nitrogens is 1. The summed E-state index contributed by atoms with van der Waals surface area (Å²) in [6.45, 7) is 6.50. The minimum Gasteiger partial charge on any atom is -0.512 e. The number of amides is 3. The van der Waals surface area contributed by atoms with Crippen LogP contribution >= 0.6 is 11.6 Å². The minimum absolute atomic E-state index is 0.00971. The van der Waals surface area contributed by atoms with Gasteiger partial charge in [-0.15, -0.1) is 0 Å². The van der Waals surface area contributed by atoms with E-state index in [0.29, 0.717) is 37.9 Å². The van der Waals surface area contributed by atoms with Crippen molar-refractivity contribution in [2.24, 2.45) is 0 Å². The van der Waals surface area contributed by atoms with Crippen molar-refractivity contribution < 1.29 is 19.1 Å². The highest BCUT2D eigenvalue weighted by molar-refractivity contribution is 6.31. The van der Waals surface area contributed by atoms with Crippen molar-refractivity contribution in [3.8, 4) is 0 Å². The second-order valence-corrected chi connectivity index (χ2v) is 11.2. The van der Waals surface area contributed by atoms with Crippen LogP contribution in [0.15, 0.2) is 35.6 Å². The number of carbonyl (C=O) groups is 2. The molecule has 2 saturated heterocycles. The van der Waals surface area contributed by atoms with Gasteiger partial charge in [-0.2, -0.15) is 0 Å². The number of imide groups is 1. The molecule has 0 spiro atoms. The summed E-state index contributed by atoms with van der Waals surface area (Å²) in [5.41, 5.74) is 1.78. The van der Waals surface area contributed by atoms with Crippen LogP contribution in [0, 0.1) is 5.82 Å². The molecular weight excluding hydrogens is 497 g/mol. The molecule has 0 radical (unpaired) electrons. The molecule has 0 saturated carbocycles. The van der Waals surface area contributed by atoms with E-state index < -0.39 is 17.4 Å². The summed E-state index contributed by atoms with van der Waals surface area (Å²) < 4.78 is 14.3. The summed E-state index contributed by atoms with van der Waals surface area (Å²) in [5, 5.41) is 11.1. The summed E-state index contributed by atoms with van der Waals surface area (Å²) in [6.07, 6.45) is 5.14. The number of hydrogen-bond acceptors (Lipinski definition) is 5. The molecule has 2 N–H and O–H groups in total. The van der Waals surface area contributed by atoms with Crippen molar-refractivity contribution in [1.82, 2.24) is 24.6 Å². The summed E-state index contributed by atoms with van der Waals surface area (Å²) in [4.78, 5) is 38.8. The Hall–Kier alpha value is -2.88. The zero-order chi connectivity index (χ0) is 26.1. The fourth-order valence-electron chi connectivity index (χ4n) is 6.27. The molecule has 6 rings (SSSR count). The summed E-state index contributed by atoms with van der Waals surface area (Å²) >= 11 is 6.15. The molecule has 0 unspecified atom stereocenters. The van der Waals surface area contributed by atoms with Gasteiger partial charge in [-0.05, 0) is 49.7 Å². The van der Waals surface area contributed by atoms with E-state index in [9.17, 15) is 19.1 Å². The maximum absolute atomic E-state index is 14.3. The van der Waals surface area contributed by atoms with Gasteiger partial charge in [-0.3, -0.25) is 19.5 Å². The molecule has 4 aliphatic rings. The Bertz CT molecular complexity index is 1360. The number of hydrogen-bond donors (Lipinski definition) is 2. The molecule has 196 valence electrons. The molecule has 2 aromatic rings. The molecule has 10 heteroatoms. The highest BCUT2D eigenvalue weighted by Gasteiger charge is 2.60. The first-order chi connectivity index (χ1) is 17.7. The number of allylic oxidation sites excluding steroid dienone is 2. The summed E-state index contributed by atoms with van der Waals surface area (Å²) in [6, 6.07) is 2.00. The third-order valence-electron chi connectivity index (χ3n) is 8.37. The predicted molar refractivity (Wildman–Crippen MR) is 139 cm³/mol. The van der Waals surface area contributed by atoms with Crippen LogP contribution in [0.25, 0.3) is 10.9 Å². The van der Waals surface area contributed by atoms with Gasteiger partial charge in [0.1, 0.15) is 17.4 Å². The molecule has 1 aromatic heterocycles. The minimum atomic E-state index is -1.12. The zero-order valence-electron chi connectivity index (χ0n) is 21.1. The number of nitrogens with zero attached hydrogens (tertiary/aromatic N) is 4. The van der Waals surface area contributed by atoms with E-state index in [0.717, 1.165) is 48.4 Å². The number of carbonyl (C=O) groups excluding carboxylic acids is 2. The fraction of sp³-hybridized carbons (Fsp3) is 0.481. The highest BCUT2D eigenvalue weighted by atomic mass is 35.5. The number of halogens is 2. The smallest absolute Gasteiger partial charge is 0.328 e. The number of benzene rings is 1. The van der Waals surface area contributed by atoms with Gasteiger partial charge >= 0.3 is 6.03 Å². The van der Waals surface area contributed by atoms with Gasteiger partial charge < -0.3 is 15.0 Å². The Morgan fingerprint density at radius 2 is 1.95 bits per heavy atom. The maximum Gasteiger partial charge on any atom is 0.328 e. The lowest BCUT2D eigenvalue weighted by molar-refractivity contribution is -0.133. The van der Waals surface area contributed by atoms with Gasteiger partial charge in [-0.25, -0.2) is 9.18 Å². The SMILES string of the molecule is CN1CCN(CCN2C(=O)N3[C@H](C4=CCCC(O)=C4)c4[nH]c5cc(F)c(Cl)cc5c4C[C@@]3(C)C2=O)CC1. The first-order valence-corrected chi connectivity index (χ1v) is 13.2. The number of rotatable bonds is 4. The van der Waals surface area contributed by atoms with Crippen LogP contribution in [0.2, 0.25) is 5.02 Å². The van der Waals surface area contributed by atoms with E-state index in [1.807, 2.05) is 13.0 Å². The van der Waals surface area contributed by atoms with Crippen molar-refractivity contribution in [3.05, 3.63) is 57.7 Å². The Morgan fingerprint density at radius 3 is 2.68 bits per heavy atom. The zero-order valence-corrected chi connectivity index (χ0v) is 21.8. The number of aliphatic hydroxyl groups is 1. The first-order valence-electron chi connectivity index (χ1n) is 12.8. The van der Waals surface area contributed by atoms with Gasteiger partial charge in [0.15, 0.2) is 0 Å². The van der Waals surface area contributed by atoms with Gasteiger partial charge in [0.25, 0.3) is 5.91 Å². The van der Waals surface area contributed by atoms with E-state index in [1.165, 1.54) is 11.0 Å². The van der Waals surface area contributed by atoms with E-state index >= 15 is 0 Å². The summed E-state index contributed by atoms with van der Waals surface area (Å²) in [7, 11) is 2.09. The van der Waals surface area contributed by atoms with Crippen molar-refractivity contribution in [3.63, 3.8) is 0 Å². The molecule has 3 amide bonds. The largest absolute Gasteiger partial charge is 0.512 e. The molecule has 4 heterocycles. The molecule has 37 heavy (non-hydrogen) atoms. The van der Waals surface area contributed by atoms with Crippen molar-refractivity contribution >= 4 is 34.4 Å². The second-order valence-electron chi connectivity index (χ2n) is 10.8. The van der Waals surface area contributed by atoms with Crippen LogP contribution < -0.4 is 0 Å². The quantitative estimate of drug-likeness (QED) is 0.588. The lowest BCUT2D eigenvalue weighted by Crippen LogP contribution is -2.53. The molecular formula is C27H31ClFN5O3. The normalized spacial score (nSPS) is 27.0. The number of piperazine rings is 1. The number of fused-ring (bicyclic) bond motifs is 4. The average Bonchev–Trinajstić information content (AvgIpc) is 3.29. The van der Waals surface area contributed by atoms with Gasteiger partial charge in [-0.1, -0.05) is 17.7 Å². The van der Waals surface area contributed by atoms with Crippen LogP contribution in [-0.4, -0.2) is 93.5 Å². The van der Waals surface area contributed by atoms with Crippen molar-refractivity contribution in [2.45, 2.75) is 37.8 Å². The Labute approximate surface area is 219 Å². The Balaban J connectivity index is 1.41. The van der Waals surface area contributed by atoms with Crippen LogP contribution in [-0.2, 0) is 11.2 Å². The van der Waals surface area contributed by atoms with Gasteiger partial charge in [0, 0.05) is 68.7 Å². The molecule has 8 nitrogen and oxygen atoms in total. The number of likely N-dealkylation sites (N-methyl/N-ethyl adjacent to an activating group) is 1. The van der Waals surface area contributed by atoms with E-state index in [-0.39, 0.29) is 22.7 Å². The number of aromatic amines is 1. The van der Waals surface area contributed by atoms with Crippen LogP contribution in [0.4, 0.5) is 9.18 Å². The number of urea groups is 1. The predicted octanol–water partition coefficient (Wildman–Crippen LogP) is 3.99. The van der Waals surface area contributed by atoms with E-state index in [4.69, 9.17) is 11.6 Å². The number of aromatic nitrogens is 1. The lowest BCUT2D eigenvalue weighted by atomic mass is 9.80. The molecule has 1 aromatic carbocycles. The van der Waals surface area contributed by atoms with E-state index in [1.54, 1.807) is 17.0 Å². The van der Waals surface area contributed by atoms with Crippen LogP contribution in [0.3, 0.4) is 0 Å². The maximum atomic E-state index is 14.3. The Morgan fingerprint density at radius 1 is 1.19 bits per heavy atom. The molecule has 3 aliphatic heterocycles.